The van der Waals surface area contributed by atoms with Gasteiger partial charge in [-0.2, -0.15) is 0 Å². The van der Waals surface area contributed by atoms with Crippen molar-refractivity contribution in [2.75, 3.05) is 5.43 Å². The van der Waals surface area contributed by atoms with Gasteiger partial charge in [0.25, 0.3) is 0 Å². The van der Waals surface area contributed by atoms with Crippen LogP contribution in [0.5, 0.6) is 0 Å². The van der Waals surface area contributed by atoms with E-state index in [-0.39, 0.29) is 11.4 Å². The number of anilines is 1. The number of thiophene rings is 1. The van der Waals surface area contributed by atoms with Crippen molar-refractivity contribution in [1.82, 2.24) is 9.97 Å². The fraction of sp³-hybridized carbons (Fsp3) is 0. The zero-order valence-electron chi connectivity index (χ0n) is 9.52. The van der Waals surface area contributed by atoms with Crippen molar-refractivity contribution in [1.29, 1.82) is 0 Å². The average molecular weight is 278 g/mol. The van der Waals surface area contributed by atoms with Gasteiger partial charge in [0.05, 0.1) is 5.39 Å². The van der Waals surface area contributed by atoms with Crippen LogP contribution in [0.25, 0.3) is 21.6 Å². The van der Waals surface area contributed by atoms with Gasteiger partial charge in [-0.1, -0.05) is 0 Å². The number of aromatic nitrogens is 2. The largest absolute Gasteiger partial charge is 0.308 e. The maximum Gasteiger partial charge on any atom is 0.163 e. The van der Waals surface area contributed by atoms with E-state index in [0.717, 1.165) is 11.5 Å². The van der Waals surface area contributed by atoms with Crippen molar-refractivity contribution in [3.05, 3.63) is 41.3 Å². The number of hydrogen-bond acceptors (Lipinski definition) is 5. The molecule has 0 saturated carbocycles. The standard InChI is InChI=1S/C12H8F2N4S/c13-7-3-6(4-8(14)5-7)10-16-11(18-15)9-1-2-19-12(9)17-10/h1-5H,15H2,(H,16,17,18). The van der Waals surface area contributed by atoms with Gasteiger partial charge in [-0.15, -0.1) is 11.3 Å². The highest BCUT2D eigenvalue weighted by Gasteiger charge is 2.11. The first-order valence-electron chi connectivity index (χ1n) is 5.35. The molecule has 2 aromatic heterocycles. The molecule has 0 atom stereocenters. The first-order chi connectivity index (χ1) is 9.17. The van der Waals surface area contributed by atoms with E-state index < -0.39 is 11.6 Å². The van der Waals surface area contributed by atoms with Crippen LogP contribution in [0.2, 0.25) is 0 Å². The Bertz CT molecular complexity index is 736. The summed E-state index contributed by atoms with van der Waals surface area (Å²) < 4.78 is 26.4. The summed E-state index contributed by atoms with van der Waals surface area (Å²) in [5, 5.41) is 2.61. The second-order valence-electron chi connectivity index (χ2n) is 3.84. The molecule has 2 heterocycles. The Labute approximate surface area is 110 Å². The predicted molar refractivity (Wildman–Crippen MR) is 70.6 cm³/mol. The first kappa shape index (κ1) is 11.9. The fourth-order valence-electron chi connectivity index (χ4n) is 1.78. The minimum Gasteiger partial charge on any atom is -0.308 e. The lowest BCUT2D eigenvalue weighted by atomic mass is 10.2. The fourth-order valence-corrected chi connectivity index (χ4v) is 2.54. The summed E-state index contributed by atoms with van der Waals surface area (Å²) in [5.74, 6) is 4.70. The number of fused-ring (bicyclic) bond motifs is 1. The molecule has 3 aromatic rings. The van der Waals surface area contributed by atoms with Crippen LogP contribution in [0, 0.1) is 11.6 Å². The third-order valence-electron chi connectivity index (χ3n) is 2.58. The van der Waals surface area contributed by atoms with Crippen LogP contribution >= 0.6 is 11.3 Å². The minimum atomic E-state index is -0.674. The van der Waals surface area contributed by atoms with Crippen molar-refractivity contribution in [3.8, 4) is 11.4 Å². The molecule has 0 aliphatic heterocycles. The highest BCUT2D eigenvalue weighted by atomic mass is 32.1. The molecule has 0 unspecified atom stereocenters. The highest BCUT2D eigenvalue weighted by Crippen LogP contribution is 2.28. The molecule has 7 heteroatoms. The summed E-state index contributed by atoms with van der Waals surface area (Å²) in [5.41, 5.74) is 2.73. The van der Waals surface area contributed by atoms with Crippen LogP contribution in [0.1, 0.15) is 0 Å². The van der Waals surface area contributed by atoms with Crippen LogP contribution in [0.15, 0.2) is 29.6 Å². The molecular formula is C12H8F2N4S. The van der Waals surface area contributed by atoms with E-state index in [4.69, 9.17) is 5.84 Å². The molecule has 0 amide bonds. The van der Waals surface area contributed by atoms with Crippen LogP contribution in [0.4, 0.5) is 14.6 Å². The number of nitrogen functional groups attached to an aromatic ring is 1. The van der Waals surface area contributed by atoms with Crippen molar-refractivity contribution in [2.24, 2.45) is 5.84 Å². The quantitative estimate of drug-likeness (QED) is 0.559. The number of benzene rings is 1. The minimum absolute atomic E-state index is 0.223. The molecule has 3 rings (SSSR count). The monoisotopic (exact) mass is 278 g/mol. The Balaban J connectivity index is 2.24. The zero-order valence-corrected chi connectivity index (χ0v) is 10.3. The SMILES string of the molecule is NNc1nc(-c2cc(F)cc(F)c2)nc2sccc12. The molecule has 0 spiro atoms. The lowest BCUT2D eigenvalue weighted by Gasteiger charge is -2.05. The lowest BCUT2D eigenvalue weighted by molar-refractivity contribution is 0.584. The topological polar surface area (TPSA) is 63.8 Å². The maximum atomic E-state index is 13.2. The maximum absolute atomic E-state index is 13.2. The summed E-state index contributed by atoms with van der Waals surface area (Å²) in [6.45, 7) is 0. The second kappa shape index (κ2) is 4.52. The van der Waals surface area contributed by atoms with E-state index in [2.05, 4.69) is 15.4 Å². The third kappa shape index (κ3) is 2.13. The molecule has 0 bridgehead atoms. The van der Waals surface area contributed by atoms with Crippen LogP contribution in [-0.2, 0) is 0 Å². The Morgan fingerprint density at radius 3 is 2.53 bits per heavy atom. The number of rotatable bonds is 2. The Morgan fingerprint density at radius 1 is 1.11 bits per heavy atom. The average Bonchev–Trinajstić information content (AvgIpc) is 2.84. The zero-order chi connectivity index (χ0) is 13.4. The van der Waals surface area contributed by atoms with Crippen molar-refractivity contribution in [3.63, 3.8) is 0 Å². The smallest absolute Gasteiger partial charge is 0.163 e. The van der Waals surface area contributed by atoms with Crippen LogP contribution in [0.3, 0.4) is 0 Å². The number of nitrogens with two attached hydrogens (primary N) is 1. The summed E-state index contributed by atoms with van der Waals surface area (Å²) in [6.07, 6.45) is 0. The van der Waals surface area contributed by atoms with Crippen molar-refractivity contribution < 1.29 is 8.78 Å². The summed E-state index contributed by atoms with van der Waals surface area (Å²) >= 11 is 1.40. The molecule has 0 radical (unpaired) electrons. The molecule has 96 valence electrons. The first-order valence-corrected chi connectivity index (χ1v) is 6.23. The Kier molecular flexibility index (Phi) is 2.84. The van der Waals surface area contributed by atoms with Crippen molar-refractivity contribution >= 4 is 27.4 Å². The molecule has 19 heavy (non-hydrogen) atoms. The van der Waals surface area contributed by atoms with Gasteiger partial charge >= 0.3 is 0 Å². The van der Waals surface area contributed by atoms with Gasteiger partial charge in [0.15, 0.2) is 11.6 Å². The van der Waals surface area contributed by atoms with Gasteiger partial charge in [0.2, 0.25) is 0 Å². The Morgan fingerprint density at radius 2 is 1.84 bits per heavy atom. The van der Waals surface area contributed by atoms with Gasteiger partial charge in [0, 0.05) is 11.6 Å². The van der Waals surface area contributed by atoms with E-state index >= 15 is 0 Å². The Hall–Kier alpha value is -2.12. The summed E-state index contributed by atoms with van der Waals surface area (Å²) in [4.78, 5) is 9.14. The molecular weight excluding hydrogens is 270 g/mol. The molecule has 0 fully saturated rings. The van der Waals surface area contributed by atoms with Gasteiger partial charge in [0.1, 0.15) is 16.5 Å². The molecule has 4 nitrogen and oxygen atoms in total. The van der Waals surface area contributed by atoms with Crippen LogP contribution in [-0.4, -0.2) is 9.97 Å². The number of halogens is 2. The second-order valence-corrected chi connectivity index (χ2v) is 4.73. The van der Waals surface area contributed by atoms with E-state index in [0.29, 0.717) is 10.6 Å². The highest BCUT2D eigenvalue weighted by molar-refractivity contribution is 7.16. The van der Waals surface area contributed by atoms with E-state index in [1.165, 1.54) is 23.5 Å². The van der Waals surface area contributed by atoms with Gasteiger partial charge < -0.3 is 5.43 Å². The van der Waals surface area contributed by atoms with E-state index in [1.807, 2.05) is 11.4 Å². The van der Waals surface area contributed by atoms with Gasteiger partial charge in [-0.3, -0.25) is 0 Å². The predicted octanol–water partition coefficient (Wildman–Crippen LogP) is 2.92. The number of nitrogens with zero attached hydrogens (tertiary/aromatic N) is 2. The van der Waals surface area contributed by atoms with E-state index in [9.17, 15) is 8.78 Å². The lowest BCUT2D eigenvalue weighted by Crippen LogP contribution is -2.09. The number of hydrazine groups is 1. The molecule has 3 N–H and O–H groups in total. The number of hydrogen-bond donors (Lipinski definition) is 2. The third-order valence-corrected chi connectivity index (χ3v) is 3.39. The molecule has 1 aromatic carbocycles. The normalized spacial score (nSPS) is 10.9. The van der Waals surface area contributed by atoms with Crippen molar-refractivity contribution in [2.45, 2.75) is 0 Å². The van der Waals surface area contributed by atoms with E-state index in [1.54, 1.807) is 0 Å². The molecule has 0 aliphatic rings. The summed E-state index contributed by atoms with van der Waals surface area (Å²) in [7, 11) is 0. The van der Waals surface area contributed by atoms with Gasteiger partial charge in [-0.05, 0) is 23.6 Å². The summed E-state index contributed by atoms with van der Waals surface area (Å²) in [6, 6.07) is 4.98. The number of nitrogens with one attached hydrogen (secondary N) is 1. The van der Waals surface area contributed by atoms with Gasteiger partial charge in [-0.25, -0.2) is 24.6 Å². The van der Waals surface area contributed by atoms with Crippen LogP contribution < -0.4 is 11.3 Å². The molecule has 0 saturated heterocycles. The molecule has 0 aliphatic carbocycles.